The molecule has 1 N–H and O–H groups in total. The van der Waals surface area contributed by atoms with Gasteiger partial charge in [0.1, 0.15) is 15.7 Å². The van der Waals surface area contributed by atoms with E-state index in [4.69, 9.17) is 23.2 Å². The number of carboxylic acid groups (broad SMARTS) is 1. The molecule has 0 saturated carbocycles. The van der Waals surface area contributed by atoms with E-state index in [9.17, 15) is 27.5 Å². The number of carboxylic acids is 1. The van der Waals surface area contributed by atoms with Gasteiger partial charge in [-0.1, -0.05) is 42.3 Å². The molecule has 190 valence electrons. The van der Waals surface area contributed by atoms with Crippen molar-refractivity contribution in [3.63, 3.8) is 0 Å². The third-order valence-electron chi connectivity index (χ3n) is 6.55. The minimum atomic E-state index is -3.30. The Hall–Kier alpha value is -2.16. The zero-order chi connectivity index (χ0) is 26.1. The van der Waals surface area contributed by atoms with Gasteiger partial charge in [0, 0.05) is 28.3 Å². The number of aliphatic carboxylic acids is 1. The molecule has 2 aromatic carbocycles. The molecule has 1 aliphatic heterocycles. The molecule has 4 atom stereocenters. The van der Waals surface area contributed by atoms with Gasteiger partial charge in [-0.05, 0) is 61.2 Å². The Bertz CT molecular complexity index is 1200. The molecule has 0 radical (unpaired) electrons. The van der Waals surface area contributed by atoms with Gasteiger partial charge in [-0.2, -0.15) is 0 Å². The average molecular weight is 544 g/mol. The molecular formula is C25H28Cl2FNO5S. The Morgan fingerprint density at radius 1 is 1.17 bits per heavy atom. The highest BCUT2D eigenvalue weighted by molar-refractivity contribution is 7.90. The van der Waals surface area contributed by atoms with Gasteiger partial charge in [0.05, 0.1) is 23.6 Å². The highest BCUT2D eigenvalue weighted by Gasteiger charge is 2.51. The van der Waals surface area contributed by atoms with Gasteiger partial charge >= 0.3 is 5.97 Å². The molecule has 3 rings (SSSR count). The summed E-state index contributed by atoms with van der Waals surface area (Å²) in [7, 11) is -3.30. The zero-order valence-corrected chi connectivity index (χ0v) is 22.0. The van der Waals surface area contributed by atoms with E-state index < -0.39 is 51.5 Å². The summed E-state index contributed by atoms with van der Waals surface area (Å²) in [5.74, 6) is -2.72. The van der Waals surface area contributed by atoms with Crippen molar-refractivity contribution >= 4 is 44.9 Å². The number of piperidine rings is 1. The smallest absolute Gasteiger partial charge is 0.304 e. The minimum Gasteiger partial charge on any atom is -0.481 e. The monoisotopic (exact) mass is 543 g/mol. The molecule has 0 bridgehead atoms. The van der Waals surface area contributed by atoms with Crippen LogP contribution in [0.1, 0.15) is 56.2 Å². The molecule has 1 heterocycles. The van der Waals surface area contributed by atoms with Crippen LogP contribution in [-0.2, 0) is 19.4 Å². The van der Waals surface area contributed by atoms with E-state index in [1.807, 2.05) is 0 Å². The van der Waals surface area contributed by atoms with Gasteiger partial charge in [-0.15, -0.1) is 0 Å². The standard InChI is InChI=1S/C25H28Cl2FNO5S/c1-15(8-9-35(3,33)34)29-23(16-4-6-18(26)7-5-16)21(17-10-19(27)12-20(28)11-17)13-25(2,24(29)32)14-22(30)31/h4-7,10-12,15,21,23H,8-9,13-14H2,1-3H3,(H,30,31). The van der Waals surface area contributed by atoms with E-state index in [2.05, 4.69) is 0 Å². The fourth-order valence-corrected chi connectivity index (χ4v) is 6.06. The van der Waals surface area contributed by atoms with E-state index in [1.165, 1.54) is 12.1 Å². The summed E-state index contributed by atoms with van der Waals surface area (Å²) in [5, 5.41) is 10.3. The van der Waals surface area contributed by atoms with Crippen LogP contribution in [0.4, 0.5) is 4.39 Å². The summed E-state index contributed by atoms with van der Waals surface area (Å²) >= 11 is 12.3. The summed E-state index contributed by atoms with van der Waals surface area (Å²) in [5.41, 5.74) is -0.0477. The molecule has 2 aromatic rings. The van der Waals surface area contributed by atoms with E-state index in [0.717, 1.165) is 11.8 Å². The maximum atomic E-state index is 14.4. The number of likely N-dealkylation sites (tertiary alicyclic amines) is 1. The van der Waals surface area contributed by atoms with Gasteiger partial charge in [0.2, 0.25) is 5.91 Å². The number of rotatable bonds is 8. The first-order valence-corrected chi connectivity index (χ1v) is 14.0. The average Bonchev–Trinajstić information content (AvgIpc) is 2.72. The molecule has 0 spiro atoms. The molecular weight excluding hydrogens is 516 g/mol. The minimum absolute atomic E-state index is 0.139. The fraction of sp³-hybridized carbons (Fsp3) is 0.440. The van der Waals surface area contributed by atoms with Gasteiger partial charge in [0.15, 0.2) is 0 Å². The van der Waals surface area contributed by atoms with Crippen LogP contribution in [-0.4, -0.2) is 48.4 Å². The third-order valence-corrected chi connectivity index (χ3v) is 8.00. The van der Waals surface area contributed by atoms with Gasteiger partial charge < -0.3 is 10.0 Å². The van der Waals surface area contributed by atoms with E-state index in [1.54, 1.807) is 49.1 Å². The third kappa shape index (κ3) is 6.54. The highest BCUT2D eigenvalue weighted by atomic mass is 35.5. The summed E-state index contributed by atoms with van der Waals surface area (Å²) < 4.78 is 38.2. The van der Waals surface area contributed by atoms with Crippen LogP contribution in [0, 0.1) is 11.2 Å². The van der Waals surface area contributed by atoms with Crippen LogP contribution >= 0.6 is 23.2 Å². The van der Waals surface area contributed by atoms with Crippen LogP contribution in [0.2, 0.25) is 10.0 Å². The Balaban J connectivity index is 2.21. The first-order valence-electron chi connectivity index (χ1n) is 11.1. The van der Waals surface area contributed by atoms with Crippen molar-refractivity contribution < 1.29 is 27.5 Å². The summed E-state index contributed by atoms with van der Waals surface area (Å²) in [6, 6.07) is 9.88. The number of carbonyl (C=O) groups excluding carboxylic acids is 1. The van der Waals surface area contributed by atoms with Crippen LogP contribution < -0.4 is 0 Å². The van der Waals surface area contributed by atoms with Gasteiger partial charge in [-0.25, -0.2) is 12.8 Å². The molecule has 6 nitrogen and oxygen atoms in total. The second-order valence-electron chi connectivity index (χ2n) is 9.62. The molecule has 1 fully saturated rings. The Kier molecular flexibility index (Phi) is 8.19. The van der Waals surface area contributed by atoms with Crippen molar-refractivity contribution in [2.75, 3.05) is 12.0 Å². The number of hydrogen-bond acceptors (Lipinski definition) is 4. The molecule has 10 heteroatoms. The number of amides is 1. The van der Waals surface area contributed by atoms with Crippen molar-refractivity contribution in [3.05, 3.63) is 69.5 Å². The number of halogens is 3. The normalized spacial score (nSPS) is 23.8. The highest BCUT2D eigenvalue weighted by Crippen LogP contribution is 2.52. The predicted octanol–water partition coefficient (Wildman–Crippen LogP) is 5.49. The predicted molar refractivity (Wildman–Crippen MR) is 134 cm³/mol. The number of sulfone groups is 1. The largest absolute Gasteiger partial charge is 0.481 e. The quantitative estimate of drug-likeness (QED) is 0.475. The van der Waals surface area contributed by atoms with Crippen molar-refractivity contribution in [3.8, 4) is 0 Å². The zero-order valence-electron chi connectivity index (χ0n) is 19.7. The van der Waals surface area contributed by atoms with E-state index in [-0.39, 0.29) is 29.5 Å². The van der Waals surface area contributed by atoms with Crippen molar-refractivity contribution in [2.45, 2.75) is 51.1 Å². The lowest BCUT2D eigenvalue weighted by molar-refractivity contribution is -0.160. The summed E-state index contributed by atoms with van der Waals surface area (Å²) in [6.45, 7) is 3.33. The Morgan fingerprint density at radius 2 is 1.80 bits per heavy atom. The second-order valence-corrected chi connectivity index (χ2v) is 12.8. The summed E-state index contributed by atoms with van der Waals surface area (Å²) in [4.78, 5) is 27.2. The lowest BCUT2D eigenvalue weighted by atomic mass is 9.67. The maximum absolute atomic E-state index is 14.4. The van der Waals surface area contributed by atoms with E-state index >= 15 is 0 Å². The maximum Gasteiger partial charge on any atom is 0.304 e. The first-order chi connectivity index (χ1) is 16.2. The lowest BCUT2D eigenvalue weighted by Gasteiger charge is -2.51. The number of benzene rings is 2. The second kappa shape index (κ2) is 10.4. The van der Waals surface area contributed by atoms with Crippen LogP contribution in [0.5, 0.6) is 0 Å². The molecule has 1 amide bonds. The van der Waals surface area contributed by atoms with Crippen molar-refractivity contribution in [1.29, 1.82) is 0 Å². The number of nitrogens with zero attached hydrogens (tertiary/aromatic N) is 1. The molecule has 1 saturated heterocycles. The molecule has 1 aliphatic rings. The van der Waals surface area contributed by atoms with Crippen LogP contribution in [0.25, 0.3) is 0 Å². The van der Waals surface area contributed by atoms with Crippen LogP contribution in [0.3, 0.4) is 0 Å². The van der Waals surface area contributed by atoms with Gasteiger partial charge in [0.25, 0.3) is 0 Å². The fourth-order valence-electron chi connectivity index (χ4n) is 4.94. The molecule has 0 aliphatic carbocycles. The summed E-state index contributed by atoms with van der Waals surface area (Å²) in [6.07, 6.45) is 1.00. The molecule has 4 unspecified atom stereocenters. The molecule has 35 heavy (non-hydrogen) atoms. The number of carbonyl (C=O) groups is 2. The topological polar surface area (TPSA) is 91.8 Å². The first kappa shape index (κ1) is 27.4. The lowest BCUT2D eigenvalue weighted by Crippen LogP contribution is -2.55. The van der Waals surface area contributed by atoms with Gasteiger partial charge in [-0.3, -0.25) is 9.59 Å². The SMILES string of the molecule is CC(CCS(C)(=O)=O)N1C(=O)C(C)(CC(=O)O)CC(c2cc(F)cc(Cl)c2)C1c1ccc(Cl)cc1. The van der Waals surface area contributed by atoms with E-state index in [0.29, 0.717) is 10.6 Å². The van der Waals surface area contributed by atoms with Crippen LogP contribution in [0.15, 0.2) is 42.5 Å². The Labute approximate surface area is 215 Å². The van der Waals surface area contributed by atoms with Crippen molar-refractivity contribution in [2.24, 2.45) is 5.41 Å². The molecule has 0 aromatic heterocycles. The van der Waals surface area contributed by atoms with Crippen molar-refractivity contribution in [1.82, 2.24) is 4.90 Å². The number of hydrogen-bond donors (Lipinski definition) is 1. The Morgan fingerprint density at radius 3 is 2.34 bits per heavy atom.